The Hall–Kier alpha value is -0.740. The summed E-state index contributed by atoms with van der Waals surface area (Å²) < 4.78 is 0. The van der Waals surface area contributed by atoms with E-state index >= 15 is 0 Å². The second kappa shape index (κ2) is 2.90. The zero-order valence-electron chi connectivity index (χ0n) is 5.92. The van der Waals surface area contributed by atoms with Crippen LogP contribution in [0.5, 0.6) is 0 Å². The van der Waals surface area contributed by atoms with Gasteiger partial charge in [0.25, 0.3) is 0 Å². The molecule has 0 fully saturated rings. The van der Waals surface area contributed by atoms with Crippen molar-refractivity contribution in [2.75, 3.05) is 6.61 Å². The van der Waals surface area contributed by atoms with Gasteiger partial charge in [0, 0.05) is 0 Å². The molecule has 4 nitrogen and oxygen atoms in total. The Morgan fingerprint density at radius 1 is 1.50 bits per heavy atom. The second-order valence-corrected chi connectivity index (χ2v) is 2.21. The molecule has 2 N–H and O–H groups in total. The molecule has 0 aromatic carbocycles. The molecule has 10 heavy (non-hydrogen) atoms. The van der Waals surface area contributed by atoms with Gasteiger partial charge in [0.1, 0.15) is 6.61 Å². The fourth-order valence-corrected chi connectivity index (χ4v) is 0.350. The predicted molar refractivity (Wildman–Crippen MR) is 33.4 cm³/mol. The summed E-state index contributed by atoms with van der Waals surface area (Å²) in [6.45, 7) is 1.34. The summed E-state index contributed by atoms with van der Waals surface area (Å²) in [6, 6.07) is 0. The van der Waals surface area contributed by atoms with Gasteiger partial charge in [-0.2, -0.15) is 0 Å². The Balaban J connectivity index is 4.40. The molecule has 0 aromatic heterocycles. The molecule has 0 aliphatic rings. The Kier molecular flexibility index (Phi) is 2.68. The predicted octanol–water partition coefficient (Wildman–Crippen LogP) is -1.11. The highest BCUT2D eigenvalue weighted by Gasteiger charge is 2.34. The Morgan fingerprint density at radius 3 is 2.00 bits per heavy atom. The Bertz CT molecular complexity index is 159. The van der Waals surface area contributed by atoms with Crippen LogP contribution in [0.25, 0.3) is 0 Å². The van der Waals surface area contributed by atoms with Gasteiger partial charge in [0.05, 0.1) is 0 Å². The lowest BCUT2D eigenvalue weighted by molar-refractivity contribution is -0.149. The monoisotopic (exact) mass is 146 g/mol. The average Bonchev–Trinajstić information content (AvgIpc) is 1.86. The first kappa shape index (κ1) is 9.26. The van der Waals surface area contributed by atoms with Crippen LogP contribution in [-0.4, -0.2) is 34.0 Å². The highest BCUT2D eigenvalue weighted by atomic mass is 16.3. The van der Waals surface area contributed by atoms with Gasteiger partial charge in [-0.3, -0.25) is 9.59 Å². The number of aliphatic hydroxyl groups excluding tert-OH is 1. The summed E-state index contributed by atoms with van der Waals surface area (Å²) in [7, 11) is 0. The van der Waals surface area contributed by atoms with Crippen LogP contribution in [0.2, 0.25) is 0 Å². The number of carbonyl (C=O) groups is 2. The maximum absolute atomic E-state index is 10.6. The van der Waals surface area contributed by atoms with Crippen LogP contribution in [0.15, 0.2) is 0 Å². The Morgan fingerprint density at radius 2 is 1.90 bits per heavy atom. The number of carbonyl (C=O) groups excluding carboxylic acids is 2. The molecule has 0 spiro atoms. The topological polar surface area (TPSA) is 74.6 Å². The lowest BCUT2D eigenvalue weighted by Crippen LogP contribution is -2.43. The minimum atomic E-state index is -2.02. The number of rotatable bonds is 3. The molecule has 0 heterocycles. The van der Waals surface area contributed by atoms with Crippen LogP contribution < -0.4 is 0 Å². The van der Waals surface area contributed by atoms with Crippen molar-refractivity contribution >= 4 is 11.6 Å². The summed E-state index contributed by atoms with van der Waals surface area (Å²) >= 11 is 0. The quantitative estimate of drug-likeness (QED) is 0.495. The molecule has 0 rings (SSSR count). The maximum Gasteiger partial charge on any atom is 0.196 e. The van der Waals surface area contributed by atoms with E-state index in [4.69, 9.17) is 10.2 Å². The molecule has 58 valence electrons. The molecule has 1 atom stereocenters. The number of hydrogen-bond donors (Lipinski definition) is 2. The molecule has 0 amide bonds. The van der Waals surface area contributed by atoms with Crippen LogP contribution in [0.3, 0.4) is 0 Å². The van der Waals surface area contributed by atoms with Crippen LogP contribution >= 0.6 is 0 Å². The Labute approximate surface area is 58.5 Å². The summed E-state index contributed by atoms with van der Waals surface area (Å²) in [5.74, 6) is -1.54. The van der Waals surface area contributed by atoms with Crippen LogP contribution in [0.1, 0.15) is 13.8 Å². The van der Waals surface area contributed by atoms with Gasteiger partial charge in [-0.15, -0.1) is 0 Å². The highest BCUT2D eigenvalue weighted by Crippen LogP contribution is 2.04. The average molecular weight is 146 g/mol. The van der Waals surface area contributed by atoms with Crippen molar-refractivity contribution in [3.05, 3.63) is 0 Å². The summed E-state index contributed by atoms with van der Waals surface area (Å²) in [6.07, 6.45) is 0. The standard InChI is InChI=1S/C6H10O4/c1-4(8)6(2,10)5(9)3-7/h7,10H,3H2,1-2H3. The first-order valence-corrected chi connectivity index (χ1v) is 2.80. The molecule has 0 aromatic rings. The van der Waals surface area contributed by atoms with E-state index in [1.807, 2.05) is 0 Å². The van der Waals surface area contributed by atoms with Gasteiger partial charge >= 0.3 is 0 Å². The van der Waals surface area contributed by atoms with E-state index in [0.29, 0.717) is 0 Å². The SMILES string of the molecule is CC(=O)C(C)(O)C(=O)CO. The first-order chi connectivity index (χ1) is 4.42. The summed E-state index contributed by atoms with van der Waals surface area (Å²) in [5, 5.41) is 17.3. The van der Waals surface area contributed by atoms with Crippen molar-refractivity contribution in [1.29, 1.82) is 0 Å². The third kappa shape index (κ3) is 1.62. The minimum Gasteiger partial charge on any atom is -0.388 e. The number of ketones is 2. The molecule has 0 aliphatic carbocycles. The second-order valence-electron chi connectivity index (χ2n) is 2.21. The van der Waals surface area contributed by atoms with E-state index in [9.17, 15) is 9.59 Å². The van der Waals surface area contributed by atoms with Gasteiger partial charge in [-0.25, -0.2) is 0 Å². The van der Waals surface area contributed by atoms with E-state index in [-0.39, 0.29) is 0 Å². The van der Waals surface area contributed by atoms with E-state index in [1.165, 1.54) is 0 Å². The van der Waals surface area contributed by atoms with E-state index < -0.39 is 23.8 Å². The molecular formula is C6H10O4. The van der Waals surface area contributed by atoms with Gasteiger partial charge in [-0.1, -0.05) is 0 Å². The molecule has 0 bridgehead atoms. The number of aliphatic hydroxyl groups is 2. The molecule has 1 unspecified atom stereocenters. The molecule has 0 radical (unpaired) electrons. The van der Waals surface area contributed by atoms with Crippen molar-refractivity contribution in [3.8, 4) is 0 Å². The molecule has 0 saturated heterocycles. The first-order valence-electron chi connectivity index (χ1n) is 2.80. The van der Waals surface area contributed by atoms with Crippen LogP contribution in [0.4, 0.5) is 0 Å². The fourth-order valence-electron chi connectivity index (χ4n) is 0.350. The zero-order valence-corrected chi connectivity index (χ0v) is 5.92. The van der Waals surface area contributed by atoms with Crippen molar-refractivity contribution in [2.45, 2.75) is 19.4 Å². The van der Waals surface area contributed by atoms with Crippen molar-refractivity contribution in [1.82, 2.24) is 0 Å². The van der Waals surface area contributed by atoms with E-state index in [1.54, 1.807) is 0 Å². The maximum atomic E-state index is 10.6. The van der Waals surface area contributed by atoms with Crippen molar-refractivity contribution in [3.63, 3.8) is 0 Å². The third-order valence-corrected chi connectivity index (χ3v) is 1.37. The van der Waals surface area contributed by atoms with Gasteiger partial charge in [0.15, 0.2) is 17.2 Å². The zero-order chi connectivity index (χ0) is 8.36. The third-order valence-electron chi connectivity index (χ3n) is 1.37. The van der Waals surface area contributed by atoms with E-state index in [2.05, 4.69) is 0 Å². The molecule has 0 saturated carbocycles. The normalized spacial score (nSPS) is 16.0. The van der Waals surface area contributed by atoms with E-state index in [0.717, 1.165) is 13.8 Å². The number of Topliss-reactive ketones (excluding diaryl/α,β-unsaturated/α-hetero) is 2. The van der Waals surface area contributed by atoms with Crippen LogP contribution in [-0.2, 0) is 9.59 Å². The lowest BCUT2D eigenvalue weighted by atomic mass is 9.97. The highest BCUT2D eigenvalue weighted by molar-refractivity contribution is 6.09. The molecular weight excluding hydrogens is 136 g/mol. The molecule has 0 aliphatic heterocycles. The molecule has 4 heteroatoms. The number of hydrogen-bond acceptors (Lipinski definition) is 4. The van der Waals surface area contributed by atoms with Crippen LogP contribution in [0, 0.1) is 0 Å². The fraction of sp³-hybridized carbons (Fsp3) is 0.667. The summed E-state index contributed by atoms with van der Waals surface area (Å²) in [4.78, 5) is 21.0. The van der Waals surface area contributed by atoms with Crippen molar-refractivity contribution in [2.24, 2.45) is 0 Å². The lowest BCUT2D eigenvalue weighted by Gasteiger charge is -2.15. The minimum absolute atomic E-state index is 0.661. The van der Waals surface area contributed by atoms with Gasteiger partial charge in [-0.05, 0) is 13.8 Å². The van der Waals surface area contributed by atoms with Gasteiger partial charge < -0.3 is 10.2 Å². The summed E-state index contributed by atoms with van der Waals surface area (Å²) in [5.41, 5.74) is -2.02. The van der Waals surface area contributed by atoms with Crippen molar-refractivity contribution < 1.29 is 19.8 Å². The van der Waals surface area contributed by atoms with Gasteiger partial charge in [0.2, 0.25) is 0 Å². The smallest absolute Gasteiger partial charge is 0.196 e. The largest absolute Gasteiger partial charge is 0.388 e.